The molecule has 5 heteroatoms. The quantitative estimate of drug-likeness (QED) is 0.609. The van der Waals surface area contributed by atoms with Crippen LogP contribution in [0.2, 0.25) is 0 Å². The van der Waals surface area contributed by atoms with Crippen molar-refractivity contribution in [1.82, 2.24) is 4.90 Å². The SMILES string of the molecule is C=CCOC(=O)C1=C(O)C2CCC(COCc3ccccc3)N(C1)C2. The van der Waals surface area contributed by atoms with Gasteiger partial charge in [-0.15, -0.1) is 0 Å². The van der Waals surface area contributed by atoms with E-state index in [-0.39, 0.29) is 24.3 Å². The van der Waals surface area contributed by atoms with Gasteiger partial charge in [0.1, 0.15) is 12.4 Å². The Kier molecular flexibility index (Phi) is 5.89. The molecule has 2 heterocycles. The van der Waals surface area contributed by atoms with Crippen molar-refractivity contribution in [3.05, 3.63) is 59.9 Å². The van der Waals surface area contributed by atoms with Crippen molar-refractivity contribution in [2.75, 3.05) is 26.3 Å². The first kappa shape index (κ1) is 17.7. The molecule has 3 atom stereocenters. The van der Waals surface area contributed by atoms with Crippen LogP contribution in [-0.4, -0.2) is 48.3 Å². The van der Waals surface area contributed by atoms with E-state index in [1.165, 1.54) is 6.08 Å². The van der Waals surface area contributed by atoms with Gasteiger partial charge < -0.3 is 14.6 Å². The zero-order valence-corrected chi connectivity index (χ0v) is 14.4. The van der Waals surface area contributed by atoms with E-state index in [0.29, 0.717) is 25.3 Å². The summed E-state index contributed by atoms with van der Waals surface area (Å²) in [5, 5.41) is 10.4. The van der Waals surface area contributed by atoms with E-state index in [2.05, 4.69) is 11.5 Å². The molecule has 0 aliphatic carbocycles. The topological polar surface area (TPSA) is 59.0 Å². The highest BCUT2D eigenvalue weighted by atomic mass is 16.5. The van der Waals surface area contributed by atoms with Gasteiger partial charge in [-0.3, -0.25) is 4.90 Å². The monoisotopic (exact) mass is 343 g/mol. The third-order valence-corrected chi connectivity index (χ3v) is 4.88. The number of aliphatic hydroxyl groups excluding tert-OH is 1. The van der Waals surface area contributed by atoms with Gasteiger partial charge in [-0.25, -0.2) is 4.79 Å². The summed E-state index contributed by atoms with van der Waals surface area (Å²) in [6.07, 6.45) is 3.35. The van der Waals surface area contributed by atoms with Crippen LogP contribution in [0.1, 0.15) is 18.4 Å². The van der Waals surface area contributed by atoms with E-state index in [1.54, 1.807) is 0 Å². The van der Waals surface area contributed by atoms with Crippen molar-refractivity contribution in [3.63, 3.8) is 0 Å². The van der Waals surface area contributed by atoms with Crippen LogP contribution in [0.5, 0.6) is 0 Å². The Hall–Kier alpha value is -2.11. The fourth-order valence-corrected chi connectivity index (χ4v) is 3.51. The number of piperidine rings is 1. The molecular weight excluding hydrogens is 318 g/mol. The third-order valence-electron chi connectivity index (χ3n) is 4.88. The summed E-state index contributed by atoms with van der Waals surface area (Å²) in [6, 6.07) is 10.4. The van der Waals surface area contributed by atoms with Crippen LogP contribution in [0.25, 0.3) is 0 Å². The van der Waals surface area contributed by atoms with Crippen LogP contribution in [-0.2, 0) is 20.9 Å². The highest BCUT2D eigenvalue weighted by Gasteiger charge is 2.38. The normalized spacial score (nSPS) is 25.5. The highest BCUT2D eigenvalue weighted by molar-refractivity contribution is 5.89. The molecule has 2 bridgehead atoms. The third kappa shape index (κ3) is 4.30. The lowest BCUT2D eigenvalue weighted by molar-refractivity contribution is -0.139. The lowest BCUT2D eigenvalue weighted by atomic mass is 9.85. The largest absolute Gasteiger partial charge is 0.511 e. The predicted octanol–water partition coefficient (Wildman–Crippen LogP) is 2.84. The number of esters is 1. The van der Waals surface area contributed by atoms with Gasteiger partial charge in [-0.1, -0.05) is 43.0 Å². The number of hydrogen-bond acceptors (Lipinski definition) is 5. The molecule has 0 aromatic heterocycles. The maximum absolute atomic E-state index is 12.2. The molecule has 1 aromatic rings. The first-order chi connectivity index (χ1) is 12.2. The minimum atomic E-state index is -0.446. The van der Waals surface area contributed by atoms with Crippen LogP contribution in [0, 0.1) is 5.92 Å². The minimum Gasteiger partial charge on any atom is -0.511 e. The molecule has 0 spiro atoms. The van der Waals surface area contributed by atoms with Crippen molar-refractivity contribution in [1.29, 1.82) is 0 Å². The van der Waals surface area contributed by atoms with E-state index >= 15 is 0 Å². The molecule has 25 heavy (non-hydrogen) atoms. The number of ether oxygens (including phenoxy) is 2. The smallest absolute Gasteiger partial charge is 0.339 e. The van der Waals surface area contributed by atoms with Crippen molar-refractivity contribution < 1.29 is 19.4 Å². The van der Waals surface area contributed by atoms with Gasteiger partial charge in [0.05, 0.1) is 18.8 Å². The zero-order chi connectivity index (χ0) is 17.6. The molecule has 1 fully saturated rings. The molecule has 0 amide bonds. The Balaban J connectivity index is 1.57. The van der Waals surface area contributed by atoms with Crippen LogP contribution in [0.3, 0.4) is 0 Å². The first-order valence-electron chi connectivity index (χ1n) is 8.74. The number of fused-ring (bicyclic) bond motifs is 2. The van der Waals surface area contributed by atoms with Gasteiger partial charge in [-0.2, -0.15) is 0 Å². The second-order valence-electron chi connectivity index (χ2n) is 6.61. The molecule has 1 aromatic carbocycles. The van der Waals surface area contributed by atoms with Crippen molar-refractivity contribution in [3.8, 4) is 0 Å². The van der Waals surface area contributed by atoms with Crippen LogP contribution in [0.4, 0.5) is 0 Å². The molecule has 3 rings (SSSR count). The van der Waals surface area contributed by atoms with Crippen LogP contribution >= 0.6 is 0 Å². The Morgan fingerprint density at radius 1 is 1.32 bits per heavy atom. The predicted molar refractivity (Wildman–Crippen MR) is 95.0 cm³/mol. The number of aliphatic hydroxyl groups is 1. The molecule has 2 aliphatic heterocycles. The van der Waals surface area contributed by atoms with E-state index < -0.39 is 5.97 Å². The fraction of sp³-hybridized carbons (Fsp3) is 0.450. The molecule has 1 N–H and O–H groups in total. The number of carbonyl (C=O) groups is 1. The standard InChI is InChI=1S/C20H25NO4/c1-2-10-25-20(23)18-12-21-11-16(19(18)22)8-9-17(21)14-24-13-15-6-4-3-5-7-15/h2-7,16-17,22H,1,8-14H2. The average molecular weight is 343 g/mol. The number of carbonyl (C=O) groups excluding carboxylic acids is 1. The second-order valence-corrected chi connectivity index (χ2v) is 6.61. The van der Waals surface area contributed by atoms with Crippen LogP contribution < -0.4 is 0 Å². The molecule has 2 aliphatic rings. The molecule has 134 valence electrons. The fourth-order valence-electron chi connectivity index (χ4n) is 3.51. The molecule has 5 nitrogen and oxygen atoms in total. The van der Waals surface area contributed by atoms with E-state index in [0.717, 1.165) is 24.9 Å². The Labute approximate surface area is 148 Å². The number of benzene rings is 1. The van der Waals surface area contributed by atoms with Gasteiger partial charge in [0.15, 0.2) is 0 Å². The Morgan fingerprint density at radius 3 is 2.88 bits per heavy atom. The van der Waals surface area contributed by atoms with Crippen molar-refractivity contribution in [2.45, 2.75) is 25.5 Å². The van der Waals surface area contributed by atoms with Gasteiger partial charge in [-0.05, 0) is 18.4 Å². The number of rotatable bonds is 7. The van der Waals surface area contributed by atoms with Crippen molar-refractivity contribution >= 4 is 5.97 Å². The van der Waals surface area contributed by atoms with Gasteiger partial charge in [0.2, 0.25) is 0 Å². The van der Waals surface area contributed by atoms with E-state index in [1.807, 2.05) is 30.3 Å². The Bertz CT molecular complexity index is 640. The summed E-state index contributed by atoms with van der Waals surface area (Å²) < 4.78 is 11.0. The molecular formula is C20H25NO4. The summed E-state index contributed by atoms with van der Waals surface area (Å²) in [5.41, 5.74) is 1.53. The molecule has 3 unspecified atom stereocenters. The second kappa shape index (κ2) is 8.32. The lowest BCUT2D eigenvalue weighted by Gasteiger charge is -2.43. The Morgan fingerprint density at radius 2 is 2.12 bits per heavy atom. The maximum Gasteiger partial charge on any atom is 0.339 e. The maximum atomic E-state index is 12.2. The van der Waals surface area contributed by atoms with Gasteiger partial charge in [0.25, 0.3) is 0 Å². The summed E-state index contributed by atoms with van der Waals surface area (Å²) in [5.74, 6) is -0.225. The number of nitrogens with zero attached hydrogens (tertiary/aromatic N) is 1. The highest BCUT2D eigenvalue weighted by Crippen LogP contribution is 2.33. The van der Waals surface area contributed by atoms with E-state index in [4.69, 9.17) is 9.47 Å². The van der Waals surface area contributed by atoms with Gasteiger partial charge in [0, 0.05) is 25.0 Å². The average Bonchev–Trinajstić information content (AvgIpc) is 2.65. The molecule has 1 saturated heterocycles. The lowest BCUT2D eigenvalue weighted by Crippen LogP contribution is -2.51. The summed E-state index contributed by atoms with van der Waals surface area (Å²) in [6.45, 7) is 6.09. The minimum absolute atomic E-state index is 0.0189. The summed E-state index contributed by atoms with van der Waals surface area (Å²) in [7, 11) is 0. The van der Waals surface area contributed by atoms with E-state index in [9.17, 15) is 9.90 Å². The number of hydrogen-bond donors (Lipinski definition) is 1. The van der Waals surface area contributed by atoms with Gasteiger partial charge >= 0.3 is 5.97 Å². The molecule has 0 saturated carbocycles. The molecule has 0 radical (unpaired) electrons. The van der Waals surface area contributed by atoms with Crippen molar-refractivity contribution in [2.24, 2.45) is 5.92 Å². The first-order valence-corrected chi connectivity index (χ1v) is 8.74. The summed E-state index contributed by atoms with van der Waals surface area (Å²) >= 11 is 0. The summed E-state index contributed by atoms with van der Waals surface area (Å²) in [4.78, 5) is 14.4. The van der Waals surface area contributed by atoms with Crippen LogP contribution in [0.15, 0.2) is 54.3 Å². The zero-order valence-electron chi connectivity index (χ0n) is 14.4.